The quantitative estimate of drug-likeness (QED) is 0.393. The van der Waals surface area contributed by atoms with Gasteiger partial charge in [0.1, 0.15) is 12.4 Å². The van der Waals surface area contributed by atoms with Crippen LogP contribution in [0.5, 0.6) is 5.75 Å². The van der Waals surface area contributed by atoms with Crippen LogP contribution in [0.1, 0.15) is 41.9 Å². The van der Waals surface area contributed by atoms with Gasteiger partial charge in [-0.05, 0) is 67.8 Å². The maximum Gasteiger partial charge on any atom is 0.321 e. The number of nitrogens with zero attached hydrogens (tertiary/aromatic N) is 2. The van der Waals surface area contributed by atoms with Crippen LogP contribution >= 0.6 is 11.3 Å². The summed E-state index contributed by atoms with van der Waals surface area (Å²) in [6, 6.07) is 14.6. The summed E-state index contributed by atoms with van der Waals surface area (Å²) in [5, 5.41) is 8.78. The van der Waals surface area contributed by atoms with Crippen molar-refractivity contribution in [2.45, 2.75) is 39.2 Å². The summed E-state index contributed by atoms with van der Waals surface area (Å²) in [4.78, 5) is 31.1. The second kappa shape index (κ2) is 12.2. The van der Waals surface area contributed by atoms with Crippen molar-refractivity contribution in [3.63, 3.8) is 0 Å². The van der Waals surface area contributed by atoms with Gasteiger partial charge in [0.15, 0.2) is 0 Å². The van der Waals surface area contributed by atoms with Crippen molar-refractivity contribution in [3.8, 4) is 5.75 Å². The highest BCUT2D eigenvalue weighted by atomic mass is 32.1. The van der Waals surface area contributed by atoms with Crippen LogP contribution in [0.4, 0.5) is 16.2 Å². The molecule has 0 atom stereocenters. The lowest BCUT2D eigenvalue weighted by Gasteiger charge is -2.20. The topological polar surface area (TPSA) is 83.6 Å². The van der Waals surface area contributed by atoms with E-state index in [0.29, 0.717) is 18.0 Å². The Hall–Kier alpha value is -3.65. The minimum absolute atomic E-state index is 0.0699. The third-order valence-electron chi connectivity index (χ3n) is 5.64. The maximum atomic E-state index is 12.5. The molecule has 182 valence electrons. The van der Waals surface area contributed by atoms with Gasteiger partial charge in [-0.1, -0.05) is 25.0 Å². The standard InChI is InChI=1S/C27H30N4O3S/c1-20-28-24(19-35-20)18-34-25-8-6-7-21(17-25)9-14-26(32)29-22-10-12-23(13-11-22)30-27(33)31-15-4-2-3-5-16-31/h6-14,17,19H,2-5,15-16,18H2,1H3,(H,29,32)(H,30,33)/b14-9+. The average Bonchev–Trinajstić information content (AvgIpc) is 3.10. The summed E-state index contributed by atoms with van der Waals surface area (Å²) in [6.07, 6.45) is 7.69. The van der Waals surface area contributed by atoms with E-state index in [9.17, 15) is 9.59 Å². The van der Waals surface area contributed by atoms with E-state index in [1.165, 1.54) is 18.9 Å². The summed E-state index contributed by atoms with van der Waals surface area (Å²) in [7, 11) is 0. The molecule has 3 aromatic rings. The molecule has 0 unspecified atom stereocenters. The highest BCUT2D eigenvalue weighted by molar-refractivity contribution is 7.09. The number of aromatic nitrogens is 1. The Labute approximate surface area is 209 Å². The number of hydrogen-bond donors (Lipinski definition) is 2. The van der Waals surface area contributed by atoms with Gasteiger partial charge in [-0.3, -0.25) is 4.79 Å². The molecule has 0 spiro atoms. The molecule has 1 aliphatic heterocycles. The molecule has 1 saturated heterocycles. The lowest BCUT2D eigenvalue weighted by Crippen LogP contribution is -2.35. The number of rotatable bonds is 7. The molecule has 35 heavy (non-hydrogen) atoms. The van der Waals surface area contributed by atoms with Gasteiger partial charge in [-0.25, -0.2) is 9.78 Å². The van der Waals surface area contributed by atoms with E-state index < -0.39 is 0 Å². The first-order valence-corrected chi connectivity index (χ1v) is 12.7. The van der Waals surface area contributed by atoms with Gasteiger partial charge in [0.25, 0.3) is 0 Å². The molecule has 8 heteroatoms. The Bertz CT molecular complexity index is 1170. The lowest BCUT2D eigenvalue weighted by atomic mass is 10.2. The van der Waals surface area contributed by atoms with Crippen LogP contribution in [0.3, 0.4) is 0 Å². The minimum Gasteiger partial charge on any atom is -0.487 e. The van der Waals surface area contributed by atoms with Crippen LogP contribution in [0, 0.1) is 6.92 Å². The van der Waals surface area contributed by atoms with E-state index in [-0.39, 0.29) is 11.9 Å². The number of carbonyl (C=O) groups is 2. The number of urea groups is 1. The molecule has 0 aliphatic carbocycles. The van der Waals surface area contributed by atoms with Crippen LogP contribution in [-0.4, -0.2) is 34.9 Å². The molecule has 3 amide bonds. The van der Waals surface area contributed by atoms with Gasteiger partial charge in [0, 0.05) is 35.9 Å². The number of amides is 3. The molecule has 2 heterocycles. The number of nitrogens with one attached hydrogen (secondary N) is 2. The number of hydrogen-bond acceptors (Lipinski definition) is 5. The second-order valence-corrected chi connectivity index (χ2v) is 9.51. The molecular weight excluding hydrogens is 460 g/mol. The minimum atomic E-state index is -0.240. The van der Waals surface area contributed by atoms with Gasteiger partial charge >= 0.3 is 6.03 Å². The third kappa shape index (κ3) is 7.68. The fourth-order valence-corrected chi connectivity index (χ4v) is 4.41. The SMILES string of the molecule is Cc1nc(COc2cccc(/C=C/C(=O)Nc3ccc(NC(=O)N4CCCCCC4)cc3)c2)cs1. The zero-order valence-corrected chi connectivity index (χ0v) is 20.6. The first-order chi connectivity index (χ1) is 17.0. The summed E-state index contributed by atoms with van der Waals surface area (Å²) in [5.74, 6) is 0.478. The van der Waals surface area contributed by atoms with Crippen LogP contribution in [0.2, 0.25) is 0 Å². The molecule has 1 fully saturated rings. The fourth-order valence-electron chi connectivity index (χ4n) is 3.81. The maximum absolute atomic E-state index is 12.5. The third-order valence-corrected chi connectivity index (χ3v) is 6.46. The van der Waals surface area contributed by atoms with E-state index in [1.807, 2.05) is 41.5 Å². The zero-order chi connectivity index (χ0) is 24.5. The lowest BCUT2D eigenvalue weighted by molar-refractivity contribution is -0.111. The van der Waals surface area contributed by atoms with E-state index in [0.717, 1.165) is 47.9 Å². The zero-order valence-electron chi connectivity index (χ0n) is 19.8. The van der Waals surface area contributed by atoms with Crippen LogP contribution < -0.4 is 15.4 Å². The molecule has 4 rings (SSSR count). The smallest absolute Gasteiger partial charge is 0.321 e. The second-order valence-electron chi connectivity index (χ2n) is 8.45. The van der Waals surface area contributed by atoms with Crippen molar-refractivity contribution in [2.24, 2.45) is 0 Å². The highest BCUT2D eigenvalue weighted by Gasteiger charge is 2.15. The van der Waals surface area contributed by atoms with Crippen molar-refractivity contribution in [1.29, 1.82) is 0 Å². The molecule has 7 nitrogen and oxygen atoms in total. The number of aryl methyl sites for hydroxylation is 1. The molecule has 0 radical (unpaired) electrons. The predicted molar refractivity (Wildman–Crippen MR) is 141 cm³/mol. The Morgan fingerprint density at radius 1 is 1.03 bits per heavy atom. The number of ether oxygens (including phenoxy) is 1. The van der Waals surface area contributed by atoms with Gasteiger partial charge < -0.3 is 20.3 Å². The van der Waals surface area contributed by atoms with Crippen molar-refractivity contribution in [3.05, 3.63) is 76.3 Å². The first kappa shape index (κ1) is 24.5. The number of likely N-dealkylation sites (tertiary alicyclic amines) is 1. The first-order valence-electron chi connectivity index (χ1n) is 11.8. The normalized spacial score (nSPS) is 13.9. The summed E-state index contributed by atoms with van der Waals surface area (Å²) in [6.45, 7) is 3.97. The number of benzene rings is 2. The van der Waals surface area contributed by atoms with Crippen LogP contribution in [0.15, 0.2) is 60.0 Å². The van der Waals surface area contributed by atoms with Crippen LogP contribution in [-0.2, 0) is 11.4 Å². The van der Waals surface area contributed by atoms with Crippen molar-refractivity contribution < 1.29 is 14.3 Å². The Kier molecular flexibility index (Phi) is 8.51. The van der Waals surface area contributed by atoms with Crippen LogP contribution in [0.25, 0.3) is 6.08 Å². The summed E-state index contributed by atoms with van der Waals surface area (Å²) in [5.41, 5.74) is 3.12. The molecule has 2 N–H and O–H groups in total. The van der Waals surface area contributed by atoms with Gasteiger partial charge in [0.05, 0.1) is 10.7 Å². The Morgan fingerprint density at radius 3 is 2.43 bits per heavy atom. The Morgan fingerprint density at radius 2 is 1.74 bits per heavy atom. The summed E-state index contributed by atoms with van der Waals surface area (Å²) < 4.78 is 5.81. The number of anilines is 2. The molecule has 0 bridgehead atoms. The largest absolute Gasteiger partial charge is 0.487 e. The fraction of sp³-hybridized carbons (Fsp3) is 0.296. The highest BCUT2D eigenvalue weighted by Crippen LogP contribution is 2.18. The number of carbonyl (C=O) groups excluding carboxylic acids is 2. The molecule has 2 aromatic carbocycles. The Balaban J connectivity index is 1.26. The van der Waals surface area contributed by atoms with Crippen molar-refractivity contribution in [2.75, 3.05) is 23.7 Å². The molecule has 1 aliphatic rings. The monoisotopic (exact) mass is 490 g/mol. The number of thiazole rings is 1. The van der Waals surface area contributed by atoms with E-state index in [2.05, 4.69) is 15.6 Å². The predicted octanol–water partition coefficient (Wildman–Crippen LogP) is 6.09. The van der Waals surface area contributed by atoms with E-state index >= 15 is 0 Å². The van der Waals surface area contributed by atoms with Crippen molar-refractivity contribution in [1.82, 2.24) is 9.88 Å². The van der Waals surface area contributed by atoms with Crippen molar-refractivity contribution >= 4 is 40.7 Å². The molecule has 0 saturated carbocycles. The molecule has 1 aromatic heterocycles. The molecular formula is C27H30N4O3S. The van der Waals surface area contributed by atoms with E-state index in [1.54, 1.807) is 41.7 Å². The van der Waals surface area contributed by atoms with Gasteiger partial charge in [-0.2, -0.15) is 0 Å². The van der Waals surface area contributed by atoms with Gasteiger partial charge in [-0.15, -0.1) is 11.3 Å². The average molecular weight is 491 g/mol. The summed E-state index contributed by atoms with van der Waals surface area (Å²) >= 11 is 1.60. The van der Waals surface area contributed by atoms with E-state index in [4.69, 9.17) is 4.74 Å². The van der Waals surface area contributed by atoms with Gasteiger partial charge in [0.2, 0.25) is 5.91 Å².